The molecule has 0 atom stereocenters. The minimum absolute atomic E-state index is 1.33. The van der Waals surface area contributed by atoms with E-state index in [0.717, 1.165) is 0 Å². The maximum atomic E-state index is 2.50. The Labute approximate surface area is 144 Å². The molecule has 3 rings (SSSR count). The summed E-state index contributed by atoms with van der Waals surface area (Å²) in [4.78, 5) is 0. The van der Waals surface area contributed by atoms with Crippen LogP contribution in [-0.4, -0.2) is 13.3 Å². The first-order valence-electron chi connectivity index (χ1n) is 8.64. The molecular weight excluding hydrogens is 337 g/mol. The van der Waals surface area contributed by atoms with Crippen molar-refractivity contribution in [2.75, 3.05) is 0 Å². The zero-order chi connectivity index (χ0) is 16.8. The van der Waals surface area contributed by atoms with Gasteiger partial charge in [-0.25, -0.2) is 0 Å². The van der Waals surface area contributed by atoms with E-state index in [-0.39, 0.29) is 0 Å². The SMILES string of the molecule is CC1=C(C)[CH2][Ge]([c]2ccc(C)c(C)c2)([c]2ccc(C)c(C)c2)[CH2]1. The average molecular weight is 365 g/mol. The van der Waals surface area contributed by atoms with Crippen molar-refractivity contribution in [2.45, 2.75) is 52.0 Å². The number of hydrogen-bond donors (Lipinski definition) is 0. The van der Waals surface area contributed by atoms with Gasteiger partial charge in [0, 0.05) is 0 Å². The molecule has 1 aliphatic rings. The van der Waals surface area contributed by atoms with Crippen molar-refractivity contribution in [3.63, 3.8) is 0 Å². The van der Waals surface area contributed by atoms with Crippen LogP contribution in [0.5, 0.6) is 0 Å². The van der Waals surface area contributed by atoms with Crippen LogP contribution in [0.1, 0.15) is 36.1 Å². The maximum absolute atomic E-state index is 2.50. The van der Waals surface area contributed by atoms with Gasteiger partial charge in [0.25, 0.3) is 0 Å². The van der Waals surface area contributed by atoms with E-state index in [2.05, 4.69) is 77.9 Å². The standard InChI is InChI=1S/C22H28Ge/c1-15-7-9-21(11-17(15)3)23(13-19(5)20(6)14-23)22-10-8-16(2)18(4)12-22/h7-12H,13-14H2,1-6H3. The molecule has 1 heterocycles. The van der Waals surface area contributed by atoms with Crippen LogP contribution in [0.2, 0.25) is 10.5 Å². The van der Waals surface area contributed by atoms with Gasteiger partial charge in [0.15, 0.2) is 0 Å². The predicted molar refractivity (Wildman–Crippen MR) is 105 cm³/mol. The molecule has 0 amide bonds. The molecule has 120 valence electrons. The topological polar surface area (TPSA) is 0 Å². The molecule has 0 saturated heterocycles. The summed E-state index contributed by atoms with van der Waals surface area (Å²) in [7, 11) is 0. The third kappa shape index (κ3) is 2.82. The van der Waals surface area contributed by atoms with Crippen LogP contribution in [0.4, 0.5) is 0 Å². The zero-order valence-electron chi connectivity index (χ0n) is 15.4. The van der Waals surface area contributed by atoms with Crippen LogP contribution in [-0.2, 0) is 0 Å². The summed E-state index contributed by atoms with van der Waals surface area (Å²) in [5, 5.41) is 2.66. The summed E-state index contributed by atoms with van der Waals surface area (Å²) in [6, 6.07) is 14.5. The second-order valence-corrected chi connectivity index (χ2v) is 16.0. The molecule has 1 heteroatoms. The Hall–Kier alpha value is -1.28. The van der Waals surface area contributed by atoms with Gasteiger partial charge in [-0.1, -0.05) is 0 Å². The number of rotatable bonds is 2. The summed E-state index contributed by atoms with van der Waals surface area (Å²) >= 11 is -2.33. The van der Waals surface area contributed by atoms with E-state index >= 15 is 0 Å². The van der Waals surface area contributed by atoms with Crippen molar-refractivity contribution in [2.24, 2.45) is 0 Å². The van der Waals surface area contributed by atoms with E-state index in [4.69, 9.17) is 0 Å². The fraction of sp³-hybridized carbons (Fsp3) is 0.364. The predicted octanol–water partition coefficient (Wildman–Crippen LogP) is 4.83. The Morgan fingerprint density at radius 1 is 0.565 bits per heavy atom. The zero-order valence-corrected chi connectivity index (χ0v) is 17.5. The van der Waals surface area contributed by atoms with Gasteiger partial charge in [-0.15, -0.1) is 0 Å². The van der Waals surface area contributed by atoms with Gasteiger partial charge in [0.05, 0.1) is 0 Å². The Bertz CT molecular complexity index is 728. The van der Waals surface area contributed by atoms with Crippen molar-refractivity contribution in [3.8, 4) is 0 Å². The van der Waals surface area contributed by atoms with Crippen LogP contribution >= 0.6 is 0 Å². The van der Waals surface area contributed by atoms with Gasteiger partial charge in [0.1, 0.15) is 0 Å². The second kappa shape index (κ2) is 5.98. The molecule has 0 radical (unpaired) electrons. The molecule has 0 N–H and O–H groups in total. The van der Waals surface area contributed by atoms with Crippen molar-refractivity contribution in [1.82, 2.24) is 0 Å². The second-order valence-electron chi connectivity index (χ2n) is 7.59. The molecule has 0 nitrogen and oxygen atoms in total. The quantitative estimate of drug-likeness (QED) is 0.528. The molecule has 0 spiro atoms. The van der Waals surface area contributed by atoms with Crippen LogP contribution in [0.15, 0.2) is 47.5 Å². The van der Waals surface area contributed by atoms with Crippen LogP contribution in [0.25, 0.3) is 0 Å². The van der Waals surface area contributed by atoms with E-state index in [1.165, 1.54) is 32.8 Å². The fourth-order valence-corrected chi connectivity index (χ4v) is 15.4. The summed E-state index contributed by atoms with van der Waals surface area (Å²) in [5.41, 5.74) is 8.98. The van der Waals surface area contributed by atoms with Crippen LogP contribution in [0, 0.1) is 27.7 Å². The van der Waals surface area contributed by atoms with E-state index < -0.39 is 13.3 Å². The third-order valence-corrected chi connectivity index (χ3v) is 16.7. The first kappa shape index (κ1) is 16.6. The number of benzene rings is 2. The molecule has 2 aromatic carbocycles. The van der Waals surface area contributed by atoms with Crippen LogP contribution in [0.3, 0.4) is 0 Å². The van der Waals surface area contributed by atoms with E-state index in [1.54, 1.807) is 19.9 Å². The summed E-state index contributed by atoms with van der Waals surface area (Å²) < 4.78 is 3.32. The summed E-state index contributed by atoms with van der Waals surface area (Å²) in [6.07, 6.45) is 0. The molecule has 23 heavy (non-hydrogen) atoms. The van der Waals surface area contributed by atoms with Crippen molar-refractivity contribution in [3.05, 3.63) is 69.8 Å². The Balaban J connectivity index is 2.19. The van der Waals surface area contributed by atoms with Gasteiger partial charge < -0.3 is 0 Å². The van der Waals surface area contributed by atoms with Crippen molar-refractivity contribution < 1.29 is 0 Å². The van der Waals surface area contributed by atoms with Crippen molar-refractivity contribution in [1.29, 1.82) is 0 Å². The molecule has 0 bridgehead atoms. The summed E-state index contributed by atoms with van der Waals surface area (Å²) in [5.74, 6) is 0. The number of hydrogen-bond acceptors (Lipinski definition) is 0. The molecule has 0 aromatic heterocycles. The van der Waals surface area contributed by atoms with Gasteiger partial charge >= 0.3 is 144 Å². The molecule has 0 unspecified atom stereocenters. The van der Waals surface area contributed by atoms with Crippen LogP contribution < -0.4 is 8.79 Å². The first-order valence-corrected chi connectivity index (χ1v) is 13.7. The Kier molecular flexibility index (Phi) is 4.31. The number of aryl methyl sites for hydroxylation is 4. The number of allylic oxidation sites excluding steroid dienone is 2. The van der Waals surface area contributed by atoms with E-state index in [1.807, 2.05) is 0 Å². The van der Waals surface area contributed by atoms with Gasteiger partial charge in [-0.05, 0) is 0 Å². The van der Waals surface area contributed by atoms with Gasteiger partial charge in [0.2, 0.25) is 0 Å². The molecule has 0 aliphatic carbocycles. The summed E-state index contributed by atoms with van der Waals surface area (Å²) in [6.45, 7) is 13.7. The van der Waals surface area contributed by atoms with Gasteiger partial charge in [-0.3, -0.25) is 0 Å². The van der Waals surface area contributed by atoms with Gasteiger partial charge in [-0.2, -0.15) is 0 Å². The monoisotopic (exact) mass is 366 g/mol. The molecule has 1 aliphatic heterocycles. The Morgan fingerprint density at radius 2 is 0.957 bits per heavy atom. The molecule has 2 aromatic rings. The fourth-order valence-electron chi connectivity index (χ4n) is 3.92. The normalized spacial score (nSPS) is 17.0. The van der Waals surface area contributed by atoms with E-state index in [0.29, 0.717) is 0 Å². The minimum atomic E-state index is -2.33. The first-order chi connectivity index (χ1) is 10.8. The third-order valence-electron chi connectivity index (χ3n) is 5.98. The molecule has 0 fully saturated rings. The molecule has 0 saturated carbocycles. The molecular formula is C22H28Ge. The van der Waals surface area contributed by atoms with Crippen molar-refractivity contribution >= 4 is 22.1 Å². The van der Waals surface area contributed by atoms with E-state index in [9.17, 15) is 0 Å². The Morgan fingerprint density at radius 3 is 1.30 bits per heavy atom. The average Bonchev–Trinajstić information content (AvgIpc) is 2.81.